The van der Waals surface area contributed by atoms with Crippen LogP contribution < -0.4 is 9.47 Å². The van der Waals surface area contributed by atoms with Gasteiger partial charge in [0, 0.05) is 54.7 Å². The minimum atomic E-state index is -5.65. The molecule has 0 amide bonds. The molecule has 0 atom stereocenters. The molecular weight excluding hydrogens is 887 g/mol. The Balaban J connectivity index is 0.949. The third kappa shape index (κ3) is 10.8. The van der Waals surface area contributed by atoms with E-state index in [1.165, 1.54) is 26.0 Å². The maximum Gasteiger partial charge on any atom is 0.380 e. The van der Waals surface area contributed by atoms with E-state index in [2.05, 4.69) is 13.8 Å². The van der Waals surface area contributed by atoms with Gasteiger partial charge in [0.05, 0.1) is 52.9 Å². The summed E-state index contributed by atoms with van der Waals surface area (Å²) >= 11 is 2.18. The highest BCUT2D eigenvalue weighted by Gasteiger charge is 2.80. The Bertz CT molecular complexity index is 2030. The molecule has 2 fully saturated rings. The van der Waals surface area contributed by atoms with Crippen molar-refractivity contribution in [3.8, 4) is 32.4 Å². The fourth-order valence-electron chi connectivity index (χ4n) is 8.45. The van der Waals surface area contributed by atoms with Crippen LogP contribution in [0.25, 0.3) is 32.0 Å². The molecule has 0 saturated carbocycles. The van der Waals surface area contributed by atoms with Crippen molar-refractivity contribution >= 4 is 33.8 Å². The van der Waals surface area contributed by atoms with Crippen LogP contribution in [0.2, 0.25) is 0 Å². The van der Waals surface area contributed by atoms with Crippen LogP contribution in [-0.2, 0) is 18.9 Å². The van der Waals surface area contributed by atoms with E-state index in [1.807, 2.05) is 0 Å². The average Bonchev–Trinajstić information content (AvgIpc) is 3.86. The Hall–Kier alpha value is -3.40. The Morgan fingerprint density at radius 1 is 0.508 bits per heavy atom. The molecule has 2 aromatic heterocycles. The molecule has 3 aliphatic rings. The number of alkyl halides is 6. The second kappa shape index (κ2) is 21.3. The molecule has 14 heteroatoms. The fraction of sp³-hybridized carbons (Fsp3) is 0.569. The van der Waals surface area contributed by atoms with Gasteiger partial charge in [-0.1, -0.05) is 26.7 Å². The van der Waals surface area contributed by atoms with E-state index in [-0.39, 0.29) is 31.7 Å². The Morgan fingerprint density at radius 3 is 1.18 bits per heavy atom. The van der Waals surface area contributed by atoms with Gasteiger partial charge in [-0.25, -0.2) is 0 Å². The summed E-state index contributed by atoms with van der Waals surface area (Å²) in [5.74, 6) is -14.7. The topological polar surface area (TPSA) is 55.4 Å². The zero-order valence-corrected chi connectivity index (χ0v) is 39.6. The van der Waals surface area contributed by atoms with Gasteiger partial charge >= 0.3 is 17.8 Å². The predicted octanol–water partition coefficient (Wildman–Crippen LogP) is 14.4. The van der Waals surface area contributed by atoms with Crippen LogP contribution in [-0.4, -0.2) is 83.8 Å². The average molecular weight is 949 g/mol. The molecule has 2 aliphatic heterocycles. The molecule has 65 heavy (non-hydrogen) atoms. The van der Waals surface area contributed by atoms with E-state index in [0.29, 0.717) is 45.6 Å². The molecule has 4 heterocycles. The first-order valence-corrected chi connectivity index (χ1v) is 24.7. The van der Waals surface area contributed by atoms with E-state index < -0.39 is 28.9 Å². The molecule has 6 nitrogen and oxygen atoms in total. The molecule has 0 bridgehead atoms. The number of hydrogen-bond acceptors (Lipinski definition) is 8. The number of rotatable bonds is 26. The number of aryl methyl sites for hydroxylation is 2. The molecule has 1 aliphatic carbocycles. The summed E-state index contributed by atoms with van der Waals surface area (Å²) in [6.45, 7) is 14.4. The predicted molar refractivity (Wildman–Crippen MR) is 247 cm³/mol. The van der Waals surface area contributed by atoms with Crippen LogP contribution in [0.5, 0.6) is 11.5 Å². The van der Waals surface area contributed by atoms with Gasteiger partial charge in [-0.05, 0) is 148 Å². The van der Waals surface area contributed by atoms with Crippen LogP contribution in [0.4, 0.5) is 26.3 Å². The molecule has 2 saturated heterocycles. The summed E-state index contributed by atoms with van der Waals surface area (Å²) in [5, 5.41) is 0. The van der Waals surface area contributed by atoms with Crippen LogP contribution in [0.15, 0.2) is 60.7 Å². The van der Waals surface area contributed by atoms with E-state index >= 15 is 26.3 Å². The van der Waals surface area contributed by atoms with E-state index in [1.54, 1.807) is 48.5 Å². The Morgan fingerprint density at radius 2 is 0.862 bits per heavy atom. The number of hydrogen-bond donors (Lipinski definition) is 0. The molecular formula is C51H62F6O6S2. The maximum absolute atomic E-state index is 15.9. The minimum absolute atomic E-state index is 0.192. The van der Waals surface area contributed by atoms with Gasteiger partial charge in [0.15, 0.2) is 0 Å². The molecule has 0 N–H and O–H groups in total. The lowest BCUT2D eigenvalue weighted by molar-refractivity contribution is -0.254. The van der Waals surface area contributed by atoms with Gasteiger partial charge in [0.25, 0.3) is 0 Å². The highest BCUT2D eigenvalue weighted by molar-refractivity contribution is 7.16. The summed E-state index contributed by atoms with van der Waals surface area (Å²) in [7, 11) is 0. The summed E-state index contributed by atoms with van der Waals surface area (Å²) in [6.07, 6.45) is 9.84. The number of thiophene rings is 2. The Labute approximate surface area is 387 Å². The quantitative estimate of drug-likeness (QED) is 0.0462. The zero-order chi connectivity index (χ0) is 46.3. The van der Waals surface area contributed by atoms with Crippen molar-refractivity contribution in [3.63, 3.8) is 0 Å². The van der Waals surface area contributed by atoms with Gasteiger partial charge in [-0.3, -0.25) is 0 Å². The highest BCUT2D eigenvalue weighted by atomic mass is 32.1. The minimum Gasteiger partial charge on any atom is -0.494 e. The van der Waals surface area contributed by atoms with Crippen molar-refractivity contribution in [2.24, 2.45) is 10.8 Å². The van der Waals surface area contributed by atoms with Crippen LogP contribution >= 0.6 is 22.7 Å². The van der Waals surface area contributed by atoms with Crippen molar-refractivity contribution in [1.29, 1.82) is 0 Å². The van der Waals surface area contributed by atoms with Crippen molar-refractivity contribution in [2.45, 2.75) is 110 Å². The lowest BCUT2D eigenvalue weighted by atomic mass is 9.84. The summed E-state index contributed by atoms with van der Waals surface area (Å²) in [5.41, 5.74) is -1.68. The smallest absolute Gasteiger partial charge is 0.380 e. The van der Waals surface area contributed by atoms with E-state index in [4.69, 9.17) is 28.4 Å². The number of ether oxygens (including phenoxy) is 6. The van der Waals surface area contributed by atoms with Gasteiger partial charge in [-0.2, -0.15) is 26.3 Å². The standard InChI is InChI=1S/C51H62F6O6S2/c1-5-47(31-60-32-47)29-58-23-11-7-9-13-25-62-39-19-15-37(16-20-39)43-27-41(35(3)64-43)45-46(50(54,55)51(56,57)49(45,52)53)42-28-44(65-36(42)4)38-17-21-40(22-18-38)63-26-14-10-8-12-24-59-30-48(6-2)33-61-34-48/h15-22,27-28H,5-14,23-26,29-34H2,1-4H3. The summed E-state index contributed by atoms with van der Waals surface area (Å²) in [6, 6.07) is 16.7. The lowest BCUT2D eigenvalue weighted by Crippen LogP contribution is -2.48. The summed E-state index contributed by atoms with van der Waals surface area (Å²) in [4.78, 5) is 1.42. The van der Waals surface area contributed by atoms with Gasteiger partial charge in [-0.15, -0.1) is 22.7 Å². The van der Waals surface area contributed by atoms with Crippen molar-refractivity contribution in [3.05, 3.63) is 81.5 Å². The van der Waals surface area contributed by atoms with Gasteiger partial charge < -0.3 is 28.4 Å². The number of allylic oxidation sites excluding steroid dienone is 2. The van der Waals surface area contributed by atoms with Crippen LogP contribution in [0.3, 0.4) is 0 Å². The molecule has 0 spiro atoms. The third-order valence-electron chi connectivity index (χ3n) is 13.2. The second-order valence-electron chi connectivity index (χ2n) is 18.0. The van der Waals surface area contributed by atoms with Crippen molar-refractivity contribution in [1.82, 2.24) is 0 Å². The van der Waals surface area contributed by atoms with Crippen LogP contribution in [0.1, 0.15) is 98.9 Å². The normalized spacial score (nSPS) is 19.0. The molecule has 4 aromatic rings. The van der Waals surface area contributed by atoms with Crippen molar-refractivity contribution < 1.29 is 54.8 Å². The largest absolute Gasteiger partial charge is 0.494 e. The molecule has 7 rings (SSSR count). The number of benzene rings is 2. The van der Waals surface area contributed by atoms with Gasteiger partial charge in [0.2, 0.25) is 0 Å². The SMILES string of the molecule is CCC1(COCCCCCCOc2ccc(-c3cc(C4=C(c5cc(-c6ccc(OCCCCCCOCC7(CC)COC7)cc6)sc5C)C(F)(F)C(F)(F)C4(F)F)c(C)s3)cc2)COC1. The highest BCUT2D eigenvalue weighted by Crippen LogP contribution is 2.66. The van der Waals surface area contributed by atoms with E-state index in [0.717, 1.165) is 140 Å². The number of halogens is 6. The first-order valence-electron chi connectivity index (χ1n) is 23.0. The maximum atomic E-state index is 15.9. The molecule has 2 aromatic carbocycles. The van der Waals surface area contributed by atoms with Crippen LogP contribution in [0, 0.1) is 24.7 Å². The monoisotopic (exact) mass is 948 g/mol. The molecule has 0 unspecified atom stereocenters. The molecule has 0 radical (unpaired) electrons. The Kier molecular flexibility index (Phi) is 16.2. The molecule has 356 valence electrons. The lowest BCUT2D eigenvalue weighted by Gasteiger charge is -2.40. The first kappa shape index (κ1) is 49.5. The third-order valence-corrected chi connectivity index (χ3v) is 15.4. The zero-order valence-electron chi connectivity index (χ0n) is 37.9. The van der Waals surface area contributed by atoms with Gasteiger partial charge in [0.1, 0.15) is 11.5 Å². The fourth-order valence-corrected chi connectivity index (χ4v) is 10.5. The van der Waals surface area contributed by atoms with E-state index in [9.17, 15) is 0 Å². The summed E-state index contributed by atoms with van der Waals surface area (Å²) < 4.78 is 129. The van der Waals surface area contributed by atoms with Crippen molar-refractivity contribution in [2.75, 3.05) is 66.1 Å². The number of unbranched alkanes of at least 4 members (excludes halogenated alkanes) is 6. The second-order valence-corrected chi connectivity index (χ2v) is 20.5. The first-order chi connectivity index (χ1) is 31.2.